The number of hydrogen-bond donors (Lipinski definition) is 0. The summed E-state index contributed by atoms with van der Waals surface area (Å²) in [7, 11) is 3.36. The van der Waals surface area contributed by atoms with Crippen molar-refractivity contribution in [2.45, 2.75) is 39.7 Å². The number of methoxy groups -OCH3 is 2. The molecule has 0 radical (unpaired) electrons. The zero-order valence-corrected chi connectivity index (χ0v) is 21.7. The van der Waals surface area contributed by atoms with Gasteiger partial charge in [0.1, 0.15) is 26.2 Å². The first-order chi connectivity index (χ1) is 15.4. The summed E-state index contributed by atoms with van der Waals surface area (Å²) >= 11 is 3.74. The molecule has 1 aliphatic heterocycles. The van der Waals surface area contributed by atoms with Crippen molar-refractivity contribution in [1.82, 2.24) is 0 Å². The van der Waals surface area contributed by atoms with E-state index < -0.39 is 0 Å². The lowest BCUT2D eigenvalue weighted by Crippen LogP contribution is -2.56. The van der Waals surface area contributed by atoms with Crippen LogP contribution in [0.3, 0.4) is 0 Å². The summed E-state index contributed by atoms with van der Waals surface area (Å²) in [5.41, 5.74) is 3.38. The maximum absolute atomic E-state index is 6.19. The summed E-state index contributed by atoms with van der Waals surface area (Å²) in [6, 6.07) is 4.11. The minimum absolute atomic E-state index is 0.500. The van der Waals surface area contributed by atoms with Gasteiger partial charge in [0.15, 0.2) is 11.5 Å². The van der Waals surface area contributed by atoms with Gasteiger partial charge in [-0.25, -0.2) is 0 Å². The Labute approximate surface area is 201 Å². The summed E-state index contributed by atoms with van der Waals surface area (Å²) in [6.07, 6.45) is 6.24. The highest BCUT2D eigenvalue weighted by atomic mass is 79.9. The van der Waals surface area contributed by atoms with E-state index >= 15 is 0 Å². The Morgan fingerprint density at radius 3 is 2.47 bits per heavy atom. The molecular weight excluding hydrogens is 470 g/mol. The first-order valence-corrected chi connectivity index (χ1v) is 12.8. The molecule has 3 aliphatic carbocycles. The maximum Gasteiger partial charge on any atom is 0.161 e. The SMILES string of the molecule is COc1cc(Br)c(C[N+]2(CCOCCC3=CCC4CC3C4(C)C)CCOCC2)cc1OC. The van der Waals surface area contributed by atoms with Crippen molar-refractivity contribution in [1.29, 1.82) is 0 Å². The number of nitrogens with zero attached hydrogens (tertiary/aromatic N) is 1. The highest BCUT2D eigenvalue weighted by molar-refractivity contribution is 9.10. The lowest BCUT2D eigenvalue weighted by atomic mass is 9.48. The molecule has 1 aromatic carbocycles. The molecule has 0 N–H and O–H groups in total. The van der Waals surface area contributed by atoms with Crippen LogP contribution in [0.4, 0.5) is 0 Å². The predicted molar refractivity (Wildman–Crippen MR) is 130 cm³/mol. The third-order valence-electron chi connectivity index (χ3n) is 8.31. The molecule has 2 atom stereocenters. The monoisotopic (exact) mass is 508 g/mol. The van der Waals surface area contributed by atoms with Gasteiger partial charge in [-0.05, 0) is 48.6 Å². The normalized spacial score (nSPS) is 25.6. The topological polar surface area (TPSA) is 36.9 Å². The number of fused-ring (bicyclic) bond motifs is 1. The van der Waals surface area contributed by atoms with E-state index in [1.165, 1.54) is 18.4 Å². The van der Waals surface area contributed by atoms with Crippen LogP contribution in [0, 0.1) is 17.3 Å². The summed E-state index contributed by atoms with van der Waals surface area (Å²) < 4.78 is 24.9. The number of halogens is 1. The summed E-state index contributed by atoms with van der Waals surface area (Å²) in [5, 5.41) is 0. The molecule has 0 amide bonds. The van der Waals surface area contributed by atoms with Crippen molar-refractivity contribution in [3.63, 3.8) is 0 Å². The van der Waals surface area contributed by atoms with Crippen molar-refractivity contribution in [2.75, 3.05) is 60.3 Å². The minimum atomic E-state index is 0.500. The van der Waals surface area contributed by atoms with Crippen molar-refractivity contribution in [3.8, 4) is 11.5 Å². The predicted octanol–water partition coefficient (Wildman–Crippen LogP) is 5.21. The third-order valence-corrected chi connectivity index (χ3v) is 9.04. The van der Waals surface area contributed by atoms with E-state index in [0.717, 1.165) is 91.3 Å². The lowest BCUT2D eigenvalue weighted by molar-refractivity contribution is -0.947. The molecule has 1 saturated carbocycles. The number of morpholine rings is 1. The van der Waals surface area contributed by atoms with E-state index in [0.29, 0.717) is 5.41 Å². The lowest BCUT2D eigenvalue weighted by Gasteiger charge is -2.56. The Morgan fingerprint density at radius 1 is 1.09 bits per heavy atom. The first kappa shape index (κ1) is 24.1. The number of quaternary nitrogens is 1. The number of hydrogen-bond acceptors (Lipinski definition) is 4. The molecule has 0 aromatic heterocycles. The quantitative estimate of drug-likeness (QED) is 0.247. The Hall–Kier alpha value is -1.08. The van der Waals surface area contributed by atoms with Crippen molar-refractivity contribution in [3.05, 3.63) is 33.8 Å². The molecule has 2 bridgehead atoms. The second-order valence-electron chi connectivity index (χ2n) is 10.3. The van der Waals surface area contributed by atoms with Gasteiger partial charge < -0.3 is 23.4 Å². The standard InChI is InChI=1S/C26H39BrNO4/c1-26(2)21-6-5-19(22(26)16-21)7-11-31-12-8-28(9-13-32-14-10-28)18-20-15-24(29-3)25(30-4)17-23(20)27/h5,15,17,21-22H,6-14,16,18H2,1-4H3/q+1. The summed E-state index contributed by atoms with van der Waals surface area (Å²) in [5.74, 6) is 3.21. The van der Waals surface area contributed by atoms with Crippen LogP contribution in [0.1, 0.15) is 38.7 Å². The number of allylic oxidation sites excluding steroid dienone is 1. The van der Waals surface area contributed by atoms with Gasteiger partial charge in [-0.2, -0.15) is 0 Å². The number of rotatable bonds is 10. The van der Waals surface area contributed by atoms with Crippen LogP contribution in [0.2, 0.25) is 0 Å². The molecule has 5 nitrogen and oxygen atoms in total. The fourth-order valence-corrected chi connectivity index (χ4v) is 6.33. The van der Waals surface area contributed by atoms with Crippen LogP contribution in [0.15, 0.2) is 28.3 Å². The van der Waals surface area contributed by atoms with E-state index in [2.05, 4.69) is 41.9 Å². The molecule has 4 aliphatic rings. The summed E-state index contributed by atoms with van der Waals surface area (Å²) in [6.45, 7) is 12.0. The van der Waals surface area contributed by atoms with Crippen LogP contribution >= 0.6 is 15.9 Å². The van der Waals surface area contributed by atoms with Gasteiger partial charge in [0.25, 0.3) is 0 Å². The van der Waals surface area contributed by atoms with Gasteiger partial charge in [-0.15, -0.1) is 0 Å². The van der Waals surface area contributed by atoms with E-state index in [-0.39, 0.29) is 0 Å². The zero-order chi connectivity index (χ0) is 22.8. The molecule has 0 spiro atoms. The van der Waals surface area contributed by atoms with Crippen LogP contribution in [-0.2, 0) is 16.0 Å². The molecule has 178 valence electrons. The van der Waals surface area contributed by atoms with Gasteiger partial charge in [0.05, 0.1) is 40.6 Å². The zero-order valence-electron chi connectivity index (χ0n) is 20.1. The van der Waals surface area contributed by atoms with Gasteiger partial charge in [0.2, 0.25) is 0 Å². The molecule has 32 heavy (non-hydrogen) atoms. The average molecular weight is 510 g/mol. The Morgan fingerprint density at radius 2 is 1.81 bits per heavy atom. The van der Waals surface area contributed by atoms with Gasteiger partial charge in [-0.1, -0.05) is 41.4 Å². The average Bonchev–Trinajstić information content (AvgIpc) is 2.80. The van der Waals surface area contributed by atoms with Gasteiger partial charge in [-0.3, -0.25) is 0 Å². The highest BCUT2D eigenvalue weighted by Gasteiger charge is 2.50. The van der Waals surface area contributed by atoms with E-state index in [1.807, 2.05) is 6.07 Å². The van der Waals surface area contributed by atoms with Crippen molar-refractivity contribution < 1.29 is 23.4 Å². The van der Waals surface area contributed by atoms with E-state index in [4.69, 9.17) is 18.9 Å². The van der Waals surface area contributed by atoms with Crippen molar-refractivity contribution >= 4 is 15.9 Å². The maximum atomic E-state index is 6.19. The molecule has 5 rings (SSSR count). The number of benzene rings is 1. The highest BCUT2D eigenvalue weighted by Crippen LogP contribution is 2.59. The first-order valence-electron chi connectivity index (χ1n) is 12.0. The Balaban J connectivity index is 1.33. The minimum Gasteiger partial charge on any atom is -0.493 e. The second-order valence-corrected chi connectivity index (χ2v) is 11.1. The van der Waals surface area contributed by atoms with E-state index in [9.17, 15) is 0 Å². The van der Waals surface area contributed by atoms with E-state index in [1.54, 1.807) is 19.8 Å². The second kappa shape index (κ2) is 10.0. The van der Waals surface area contributed by atoms with Gasteiger partial charge in [0, 0.05) is 10.0 Å². The van der Waals surface area contributed by atoms with Gasteiger partial charge >= 0.3 is 0 Å². The van der Waals surface area contributed by atoms with Crippen LogP contribution in [0.5, 0.6) is 11.5 Å². The molecule has 2 unspecified atom stereocenters. The molecule has 2 fully saturated rings. The van der Waals surface area contributed by atoms with Crippen LogP contribution < -0.4 is 9.47 Å². The number of ether oxygens (including phenoxy) is 4. The smallest absolute Gasteiger partial charge is 0.161 e. The fraction of sp³-hybridized carbons (Fsp3) is 0.692. The molecule has 1 saturated heterocycles. The largest absolute Gasteiger partial charge is 0.493 e. The molecule has 6 heteroatoms. The Kier molecular flexibility index (Phi) is 7.55. The molecule has 1 heterocycles. The fourth-order valence-electron chi connectivity index (χ4n) is 5.88. The third kappa shape index (κ3) is 4.89. The molecular formula is C26H39BrNO4+. The van der Waals surface area contributed by atoms with Crippen molar-refractivity contribution in [2.24, 2.45) is 17.3 Å². The molecule has 1 aromatic rings. The summed E-state index contributed by atoms with van der Waals surface area (Å²) in [4.78, 5) is 0. The Bertz CT molecular complexity index is 831. The van der Waals surface area contributed by atoms with Crippen LogP contribution in [-0.4, -0.2) is 64.8 Å². The van der Waals surface area contributed by atoms with Crippen LogP contribution in [0.25, 0.3) is 0 Å².